The number of benzene rings is 2. The van der Waals surface area contributed by atoms with Crippen LogP contribution in [-0.4, -0.2) is 29.5 Å². The van der Waals surface area contributed by atoms with Crippen molar-refractivity contribution in [3.05, 3.63) is 77.0 Å². The van der Waals surface area contributed by atoms with E-state index in [1.54, 1.807) is 0 Å². The third-order valence-corrected chi connectivity index (χ3v) is 5.69. The van der Waals surface area contributed by atoms with Gasteiger partial charge in [0.2, 0.25) is 0 Å². The predicted molar refractivity (Wildman–Crippen MR) is 119 cm³/mol. The lowest BCUT2D eigenvalue weighted by molar-refractivity contribution is 0.295. The second-order valence-corrected chi connectivity index (χ2v) is 7.48. The number of halogens is 2. The first-order valence-electron chi connectivity index (χ1n) is 9.52. The second-order valence-electron chi connectivity index (χ2n) is 7.08. The number of nitrogens with zero attached hydrogens (tertiary/aromatic N) is 1. The fourth-order valence-corrected chi connectivity index (χ4v) is 4.13. The summed E-state index contributed by atoms with van der Waals surface area (Å²) in [6, 6.07) is 16.7. The highest BCUT2D eigenvalue weighted by Crippen LogP contribution is 2.28. The first-order chi connectivity index (χ1) is 12.8. The van der Waals surface area contributed by atoms with Gasteiger partial charge in [-0.2, -0.15) is 0 Å². The normalized spacial score (nSPS) is 14.8. The lowest BCUT2D eigenvalue weighted by Crippen LogP contribution is -2.29. The number of aromatic amines is 1. The molecule has 2 nitrogen and oxygen atoms in total. The van der Waals surface area contributed by atoms with Gasteiger partial charge in [0, 0.05) is 35.2 Å². The summed E-state index contributed by atoms with van der Waals surface area (Å²) in [7, 11) is 0. The number of rotatable bonds is 6. The van der Waals surface area contributed by atoms with Crippen LogP contribution in [0.4, 0.5) is 0 Å². The molecule has 2 aromatic carbocycles. The summed E-state index contributed by atoms with van der Waals surface area (Å²) in [5, 5.41) is 2.24. The Hall–Kier alpha value is -1.74. The number of H-pyrrole nitrogens is 1. The topological polar surface area (TPSA) is 19.0 Å². The van der Waals surface area contributed by atoms with Crippen molar-refractivity contribution >= 4 is 40.5 Å². The molecule has 0 radical (unpaired) electrons. The highest BCUT2D eigenvalue weighted by Gasteiger charge is 2.14. The van der Waals surface area contributed by atoms with Crippen LogP contribution in [0.15, 0.2) is 60.8 Å². The molecule has 0 saturated heterocycles. The zero-order valence-corrected chi connectivity index (χ0v) is 17.0. The molecule has 3 aromatic rings. The van der Waals surface area contributed by atoms with Crippen LogP contribution >= 0.6 is 24.0 Å². The van der Waals surface area contributed by atoms with Crippen LogP contribution in [-0.2, 0) is 6.42 Å². The maximum Gasteiger partial charge on any atom is 0.0481 e. The molecule has 0 saturated carbocycles. The number of unbranched alkanes of at least 4 members (excludes halogenated alkanes) is 1. The number of fused-ring (bicyclic) bond motifs is 1. The highest BCUT2D eigenvalue weighted by molar-refractivity contribution is 6.32. The summed E-state index contributed by atoms with van der Waals surface area (Å²) in [6.07, 6.45) is 9.24. The predicted octanol–water partition coefficient (Wildman–Crippen LogP) is 6.36. The Morgan fingerprint density at radius 1 is 1.00 bits per heavy atom. The SMILES string of the molecule is Cl.Clc1ccccc1C1=CCN(CCCCc2c[nH]c3ccccc23)CC1. The Morgan fingerprint density at radius 3 is 2.63 bits per heavy atom. The van der Waals surface area contributed by atoms with E-state index in [0.29, 0.717) is 0 Å². The summed E-state index contributed by atoms with van der Waals surface area (Å²) in [6.45, 7) is 3.34. The zero-order valence-electron chi connectivity index (χ0n) is 15.5. The second kappa shape index (κ2) is 9.45. The van der Waals surface area contributed by atoms with Crippen LogP contribution in [0.1, 0.15) is 30.4 Å². The molecule has 0 unspecified atom stereocenters. The maximum absolute atomic E-state index is 6.33. The lowest BCUT2D eigenvalue weighted by atomic mass is 9.99. The van der Waals surface area contributed by atoms with Gasteiger partial charge >= 0.3 is 0 Å². The molecule has 0 spiro atoms. The van der Waals surface area contributed by atoms with E-state index >= 15 is 0 Å². The van der Waals surface area contributed by atoms with Gasteiger partial charge in [-0.05, 0) is 61.1 Å². The van der Waals surface area contributed by atoms with Crippen LogP contribution in [0.3, 0.4) is 0 Å². The summed E-state index contributed by atoms with van der Waals surface area (Å²) in [5.41, 5.74) is 5.29. The monoisotopic (exact) mass is 400 g/mol. The molecule has 1 aliphatic rings. The molecule has 142 valence electrons. The molecule has 0 atom stereocenters. The molecule has 0 fully saturated rings. The third kappa shape index (κ3) is 4.76. The Balaban J connectivity index is 0.00000210. The number of aromatic nitrogens is 1. The van der Waals surface area contributed by atoms with Crippen LogP contribution in [0.25, 0.3) is 16.5 Å². The average Bonchev–Trinajstić information content (AvgIpc) is 3.09. The number of nitrogens with one attached hydrogen (secondary N) is 1. The summed E-state index contributed by atoms with van der Waals surface area (Å²) in [5.74, 6) is 0. The summed E-state index contributed by atoms with van der Waals surface area (Å²) >= 11 is 6.33. The fourth-order valence-electron chi connectivity index (χ4n) is 3.87. The molecule has 1 aromatic heterocycles. The van der Waals surface area contributed by atoms with Crippen molar-refractivity contribution < 1.29 is 0 Å². The third-order valence-electron chi connectivity index (χ3n) is 5.36. The largest absolute Gasteiger partial charge is 0.361 e. The van der Waals surface area contributed by atoms with Crippen molar-refractivity contribution in [3.63, 3.8) is 0 Å². The van der Waals surface area contributed by atoms with E-state index in [0.717, 1.165) is 31.0 Å². The van der Waals surface area contributed by atoms with E-state index in [2.05, 4.69) is 58.6 Å². The van der Waals surface area contributed by atoms with Crippen molar-refractivity contribution in [2.45, 2.75) is 25.7 Å². The van der Waals surface area contributed by atoms with Gasteiger partial charge in [0.25, 0.3) is 0 Å². The van der Waals surface area contributed by atoms with Crippen LogP contribution < -0.4 is 0 Å². The number of hydrogen-bond acceptors (Lipinski definition) is 1. The lowest BCUT2D eigenvalue weighted by Gasteiger charge is -2.26. The van der Waals surface area contributed by atoms with E-state index in [1.165, 1.54) is 47.0 Å². The standard InChI is InChI=1S/C23H25ClN2.ClH/c24-22-10-3-1-8-20(22)18-12-15-26(16-13-18)14-6-5-7-19-17-25-23-11-4-2-9-21(19)23;/h1-4,8-12,17,25H,5-7,13-16H2;1H. The van der Waals surface area contributed by atoms with E-state index in [1.807, 2.05) is 12.1 Å². The molecule has 27 heavy (non-hydrogen) atoms. The van der Waals surface area contributed by atoms with Crippen LogP contribution in [0.2, 0.25) is 5.02 Å². The molecular weight excluding hydrogens is 375 g/mol. The zero-order chi connectivity index (χ0) is 17.8. The first-order valence-corrected chi connectivity index (χ1v) is 9.90. The number of para-hydroxylation sites is 1. The highest BCUT2D eigenvalue weighted by atomic mass is 35.5. The van der Waals surface area contributed by atoms with E-state index in [9.17, 15) is 0 Å². The molecule has 1 N–H and O–H groups in total. The van der Waals surface area contributed by atoms with Gasteiger partial charge < -0.3 is 4.98 Å². The van der Waals surface area contributed by atoms with Crippen molar-refractivity contribution in [2.24, 2.45) is 0 Å². The maximum atomic E-state index is 6.33. The quantitative estimate of drug-likeness (QED) is 0.477. The first kappa shape index (κ1) is 20.0. The Kier molecular flexibility index (Phi) is 7.01. The van der Waals surface area contributed by atoms with Gasteiger partial charge in [-0.25, -0.2) is 0 Å². The van der Waals surface area contributed by atoms with Crippen LogP contribution in [0, 0.1) is 0 Å². The van der Waals surface area contributed by atoms with Crippen molar-refractivity contribution in [3.8, 4) is 0 Å². The summed E-state index contributed by atoms with van der Waals surface area (Å²) < 4.78 is 0. The Labute approximate surface area is 172 Å². The number of aryl methyl sites for hydroxylation is 1. The molecule has 4 rings (SSSR count). The average molecular weight is 401 g/mol. The smallest absolute Gasteiger partial charge is 0.0481 e. The minimum atomic E-state index is 0. The molecule has 0 aliphatic carbocycles. The number of hydrogen-bond donors (Lipinski definition) is 1. The van der Waals surface area contributed by atoms with Gasteiger partial charge in [-0.3, -0.25) is 4.90 Å². The molecule has 1 aliphatic heterocycles. The molecule has 0 bridgehead atoms. The molecule has 0 amide bonds. The van der Waals surface area contributed by atoms with Gasteiger partial charge in [0.05, 0.1) is 0 Å². The minimum absolute atomic E-state index is 0. The van der Waals surface area contributed by atoms with E-state index in [4.69, 9.17) is 11.6 Å². The van der Waals surface area contributed by atoms with Gasteiger partial charge in [-0.1, -0.05) is 54.1 Å². The van der Waals surface area contributed by atoms with E-state index in [-0.39, 0.29) is 12.4 Å². The molecular formula is C23H26Cl2N2. The van der Waals surface area contributed by atoms with Gasteiger partial charge in [0.15, 0.2) is 0 Å². The van der Waals surface area contributed by atoms with Crippen molar-refractivity contribution in [1.29, 1.82) is 0 Å². The van der Waals surface area contributed by atoms with Gasteiger partial charge in [0.1, 0.15) is 0 Å². The van der Waals surface area contributed by atoms with Crippen LogP contribution in [0.5, 0.6) is 0 Å². The van der Waals surface area contributed by atoms with Crippen molar-refractivity contribution in [1.82, 2.24) is 9.88 Å². The van der Waals surface area contributed by atoms with Crippen molar-refractivity contribution in [2.75, 3.05) is 19.6 Å². The Morgan fingerprint density at radius 2 is 1.81 bits per heavy atom. The minimum Gasteiger partial charge on any atom is -0.361 e. The van der Waals surface area contributed by atoms with E-state index < -0.39 is 0 Å². The fraction of sp³-hybridized carbons (Fsp3) is 0.304. The summed E-state index contributed by atoms with van der Waals surface area (Å²) in [4.78, 5) is 5.93. The van der Waals surface area contributed by atoms with Gasteiger partial charge in [-0.15, -0.1) is 12.4 Å². The molecule has 4 heteroatoms. The Bertz CT molecular complexity index is 913. The molecule has 2 heterocycles.